The average Bonchev–Trinajstić information content (AvgIpc) is 2.62. The zero-order chi connectivity index (χ0) is 20.5. The van der Waals surface area contributed by atoms with Gasteiger partial charge in [-0.05, 0) is 36.8 Å². The SMILES string of the molecule is CCOc1ccc(-c2nc(N)nc(C(F)(F)F)c2-c2ccc(Cl)cc2)c(O)c1. The van der Waals surface area contributed by atoms with E-state index in [9.17, 15) is 18.3 Å². The van der Waals surface area contributed by atoms with E-state index in [0.29, 0.717) is 17.4 Å². The average molecular weight is 410 g/mol. The van der Waals surface area contributed by atoms with Crippen LogP contribution in [0.5, 0.6) is 11.5 Å². The van der Waals surface area contributed by atoms with Crippen LogP contribution in [0.15, 0.2) is 42.5 Å². The van der Waals surface area contributed by atoms with Gasteiger partial charge in [-0.25, -0.2) is 9.97 Å². The molecule has 0 unspecified atom stereocenters. The molecule has 3 aromatic rings. The van der Waals surface area contributed by atoms with Gasteiger partial charge in [-0.1, -0.05) is 23.7 Å². The predicted molar refractivity (Wildman–Crippen MR) is 100 cm³/mol. The lowest BCUT2D eigenvalue weighted by atomic mass is 9.96. The first kappa shape index (κ1) is 19.8. The standard InChI is InChI=1S/C19H15ClF3N3O2/c1-2-28-12-7-8-13(14(27)9-12)16-15(10-3-5-11(20)6-4-10)17(19(21,22)23)26-18(24)25-16/h3-9,27H,2H2,1H3,(H2,24,25,26). The fraction of sp³-hybridized carbons (Fsp3) is 0.158. The lowest BCUT2D eigenvalue weighted by Crippen LogP contribution is -2.14. The van der Waals surface area contributed by atoms with Crippen LogP contribution in [0.1, 0.15) is 12.6 Å². The number of halogens is 4. The first-order valence-corrected chi connectivity index (χ1v) is 8.55. The van der Waals surface area contributed by atoms with E-state index in [1.165, 1.54) is 42.5 Å². The molecule has 0 bridgehead atoms. The zero-order valence-corrected chi connectivity index (χ0v) is 15.3. The van der Waals surface area contributed by atoms with Crippen LogP contribution in [0.4, 0.5) is 19.1 Å². The molecule has 28 heavy (non-hydrogen) atoms. The summed E-state index contributed by atoms with van der Waals surface area (Å²) in [5.74, 6) is -0.490. The third-order valence-corrected chi connectivity index (χ3v) is 4.12. The smallest absolute Gasteiger partial charge is 0.434 e. The van der Waals surface area contributed by atoms with Gasteiger partial charge in [0.05, 0.1) is 12.3 Å². The van der Waals surface area contributed by atoms with Gasteiger partial charge in [-0.15, -0.1) is 0 Å². The maximum atomic E-state index is 13.7. The van der Waals surface area contributed by atoms with Gasteiger partial charge in [0.25, 0.3) is 0 Å². The molecule has 1 heterocycles. The third kappa shape index (κ3) is 3.96. The van der Waals surface area contributed by atoms with Gasteiger partial charge in [-0.3, -0.25) is 0 Å². The number of alkyl halides is 3. The third-order valence-electron chi connectivity index (χ3n) is 3.86. The molecule has 9 heteroatoms. The molecule has 0 spiro atoms. The minimum atomic E-state index is -4.79. The van der Waals surface area contributed by atoms with Gasteiger partial charge < -0.3 is 15.6 Å². The summed E-state index contributed by atoms with van der Waals surface area (Å²) < 4.78 is 46.4. The Morgan fingerprint density at radius 3 is 2.36 bits per heavy atom. The fourth-order valence-electron chi connectivity index (χ4n) is 2.74. The summed E-state index contributed by atoms with van der Waals surface area (Å²) >= 11 is 5.86. The molecule has 146 valence electrons. The number of anilines is 1. The Morgan fingerprint density at radius 2 is 1.79 bits per heavy atom. The molecular formula is C19H15ClF3N3O2. The van der Waals surface area contributed by atoms with Crippen LogP contribution in [0.25, 0.3) is 22.4 Å². The minimum Gasteiger partial charge on any atom is -0.507 e. The highest BCUT2D eigenvalue weighted by Gasteiger charge is 2.38. The number of phenols is 1. The Kier molecular flexibility index (Phi) is 5.33. The molecule has 0 fully saturated rings. The molecule has 0 saturated carbocycles. The Labute approximate surface area is 163 Å². The van der Waals surface area contributed by atoms with Crippen molar-refractivity contribution in [3.63, 3.8) is 0 Å². The minimum absolute atomic E-state index is 0.0630. The number of aromatic hydroxyl groups is 1. The lowest BCUT2D eigenvalue weighted by molar-refractivity contribution is -0.140. The lowest BCUT2D eigenvalue weighted by Gasteiger charge is -2.17. The molecule has 5 nitrogen and oxygen atoms in total. The summed E-state index contributed by atoms with van der Waals surface area (Å²) in [4.78, 5) is 7.39. The number of nitrogen functional groups attached to an aromatic ring is 1. The molecule has 0 radical (unpaired) electrons. The number of phenolic OH excluding ortho intramolecular Hbond substituents is 1. The van der Waals surface area contributed by atoms with Crippen molar-refractivity contribution in [2.45, 2.75) is 13.1 Å². The number of aromatic nitrogens is 2. The summed E-state index contributed by atoms with van der Waals surface area (Å²) in [7, 11) is 0. The number of rotatable bonds is 4. The largest absolute Gasteiger partial charge is 0.507 e. The normalized spacial score (nSPS) is 11.5. The Bertz CT molecular complexity index is 1010. The fourth-order valence-corrected chi connectivity index (χ4v) is 2.86. The number of hydrogen-bond donors (Lipinski definition) is 2. The Morgan fingerprint density at radius 1 is 1.11 bits per heavy atom. The van der Waals surface area contributed by atoms with Gasteiger partial charge >= 0.3 is 6.18 Å². The van der Waals surface area contributed by atoms with E-state index in [4.69, 9.17) is 22.1 Å². The van der Waals surface area contributed by atoms with Gasteiger partial charge in [0.15, 0.2) is 5.69 Å². The van der Waals surface area contributed by atoms with Crippen LogP contribution in [-0.4, -0.2) is 21.7 Å². The van der Waals surface area contributed by atoms with Gasteiger partial charge in [0.2, 0.25) is 5.95 Å². The van der Waals surface area contributed by atoms with Crippen molar-refractivity contribution in [1.82, 2.24) is 9.97 Å². The van der Waals surface area contributed by atoms with Crippen LogP contribution in [0.3, 0.4) is 0 Å². The van der Waals surface area contributed by atoms with Gasteiger partial charge in [-0.2, -0.15) is 13.2 Å². The summed E-state index contributed by atoms with van der Waals surface area (Å²) in [5, 5.41) is 10.7. The van der Waals surface area contributed by atoms with Crippen LogP contribution >= 0.6 is 11.6 Å². The molecule has 1 aromatic heterocycles. The maximum Gasteiger partial charge on any atom is 0.434 e. The topological polar surface area (TPSA) is 81.3 Å². The van der Waals surface area contributed by atoms with E-state index in [1.54, 1.807) is 6.92 Å². The Hall–Kier alpha value is -3.00. The highest BCUT2D eigenvalue weighted by atomic mass is 35.5. The second-order valence-corrected chi connectivity index (χ2v) is 6.21. The van der Waals surface area contributed by atoms with Crippen molar-refractivity contribution in [3.8, 4) is 33.9 Å². The van der Waals surface area contributed by atoms with E-state index < -0.39 is 17.8 Å². The monoisotopic (exact) mass is 409 g/mol. The van der Waals surface area contributed by atoms with Crippen LogP contribution in [0.2, 0.25) is 5.02 Å². The van der Waals surface area contributed by atoms with Crippen LogP contribution in [0, 0.1) is 0 Å². The van der Waals surface area contributed by atoms with Crippen molar-refractivity contribution in [3.05, 3.63) is 53.2 Å². The highest BCUT2D eigenvalue weighted by molar-refractivity contribution is 6.30. The predicted octanol–water partition coefficient (Wildman–Crippen LogP) is 5.17. The molecule has 0 aliphatic carbocycles. The van der Waals surface area contributed by atoms with E-state index in [-0.39, 0.29) is 28.1 Å². The van der Waals surface area contributed by atoms with Crippen molar-refractivity contribution >= 4 is 17.5 Å². The van der Waals surface area contributed by atoms with Gasteiger partial charge in [0.1, 0.15) is 11.5 Å². The second-order valence-electron chi connectivity index (χ2n) is 5.77. The van der Waals surface area contributed by atoms with Crippen molar-refractivity contribution in [2.75, 3.05) is 12.3 Å². The summed E-state index contributed by atoms with van der Waals surface area (Å²) in [6.07, 6.45) is -4.79. The van der Waals surface area contributed by atoms with Crippen LogP contribution in [-0.2, 0) is 6.18 Å². The highest BCUT2D eigenvalue weighted by Crippen LogP contribution is 2.43. The molecule has 2 aromatic carbocycles. The van der Waals surface area contributed by atoms with Gasteiger partial charge in [0, 0.05) is 22.2 Å². The molecule has 3 rings (SSSR count). The molecular weight excluding hydrogens is 395 g/mol. The van der Waals surface area contributed by atoms with Crippen LogP contribution < -0.4 is 10.5 Å². The van der Waals surface area contributed by atoms with E-state index in [2.05, 4.69) is 9.97 Å². The van der Waals surface area contributed by atoms with E-state index in [0.717, 1.165) is 0 Å². The Balaban J connectivity index is 2.32. The number of hydrogen-bond acceptors (Lipinski definition) is 5. The molecule has 0 aliphatic heterocycles. The number of nitrogens with two attached hydrogens (primary N) is 1. The molecule has 0 saturated heterocycles. The number of nitrogens with zero attached hydrogens (tertiary/aromatic N) is 2. The first-order chi connectivity index (χ1) is 13.2. The van der Waals surface area contributed by atoms with Crippen molar-refractivity contribution in [1.29, 1.82) is 0 Å². The zero-order valence-electron chi connectivity index (χ0n) is 14.6. The van der Waals surface area contributed by atoms with E-state index >= 15 is 0 Å². The van der Waals surface area contributed by atoms with Crippen molar-refractivity contribution in [2.24, 2.45) is 0 Å². The number of benzene rings is 2. The van der Waals surface area contributed by atoms with E-state index in [1.807, 2.05) is 0 Å². The number of ether oxygens (including phenoxy) is 1. The molecule has 0 atom stereocenters. The molecule has 0 aliphatic rings. The summed E-state index contributed by atoms with van der Waals surface area (Å²) in [6.45, 7) is 2.14. The molecule has 0 amide bonds. The first-order valence-electron chi connectivity index (χ1n) is 8.17. The maximum absolute atomic E-state index is 13.7. The molecule has 3 N–H and O–H groups in total. The summed E-state index contributed by atoms with van der Waals surface area (Å²) in [6, 6.07) is 9.99. The van der Waals surface area contributed by atoms with Crippen molar-refractivity contribution < 1.29 is 23.0 Å². The summed E-state index contributed by atoms with van der Waals surface area (Å²) in [5.41, 5.74) is 4.13. The quantitative estimate of drug-likeness (QED) is 0.621. The second kappa shape index (κ2) is 7.55.